The zero-order valence-corrected chi connectivity index (χ0v) is 8.10. The standard InChI is InChI=1S/C9H15NOS/c1-2-8(7-11)10-6-9-4-3-5-12-9/h3-5,8,10-11H,2,6-7H2,1H3/t8-/m1/s1. The normalized spacial score (nSPS) is 13.2. The maximum Gasteiger partial charge on any atom is 0.0584 e. The van der Waals surface area contributed by atoms with Crippen molar-refractivity contribution in [2.45, 2.75) is 25.9 Å². The molecule has 2 N–H and O–H groups in total. The van der Waals surface area contributed by atoms with Crippen molar-refractivity contribution < 1.29 is 5.11 Å². The van der Waals surface area contributed by atoms with Crippen LogP contribution in [0.3, 0.4) is 0 Å². The molecule has 2 nitrogen and oxygen atoms in total. The highest BCUT2D eigenvalue weighted by atomic mass is 32.1. The Morgan fingerprint density at radius 3 is 3.00 bits per heavy atom. The highest BCUT2D eigenvalue weighted by Gasteiger charge is 2.02. The summed E-state index contributed by atoms with van der Waals surface area (Å²) in [5, 5.41) is 14.2. The third-order valence-electron chi connectivity index (χ3n) is 1.86. The quantitative estimate of drug-likeness (QED) is 0.730. The van der Waals surface area contributed by atoms with Gasteiger partial charge < -0.3 is 10.4 Å². The lowest BCUT2D eigenvalue weighted by Crippen LogP contribution is -2.30. The fourth-order valence-corrected chi connectivity index (χ4v) is 1.65. The summed E-state index contributed by atoms with van der Waals surface area (Å²) in [6, 6.07) is 4.38. The first kappa shape index (κ1) is 9.71. The van der Waals surface area contributed by atoms with Gasteiger partial charge in [0.05, 0.1) is 6.61 Å². The monoisotopic (exact) mass is 185 g/mol. The van der Waals surface area contributed by atoms with Gasteiger partial charge in [0.15, 0.2) is 0 Å². The van der Waals surface area contributed by atoms with Crippen molar-refractivity contribution in [2.24, 2.45) is 0 Å². The molecule has 0 aliphatic heterocycles. The van der Waals surface area contributed by atoms with Crippen molar-refractivity contribution in [3.8, 4) is 0 Å². The zero-order valence-electron chi connectivity index (χ0n) is 7.29. The van der Waals surface area contributed by atoms with Gasteiger partial charge in [-0.3, -0.25) is 0 Å². The van der Waals surface area contributed by atoms with Gasteiger partial charge in [0.1, 0.15) is 0 Å². The number of aliphatic hydroxyl groups is 1. The van der Waals surface area contributed by atoms with Crippen LogP contribution in [0.25, 0.3) is 0 Å². The van der Waals surface area contributed by atoms with E-state index < -0.39 is 0 Å². The van der Waals surface area contributed by atoms with Gasteiger partial charge in [-0.1, -0.05) is 13.0 Å². The molecule has 1 rings (SSSR count). The average Bonchev–Trinajstić information content (AvgIpc) is 2.59. The van der Waals surface area contributed by atoms with Gasteiger partial charge in [-0.25, -0.2) is 0 Å². The first-order chi connectivity index (χ1) is 5.86. The molecule has 0 amide bonds. The first-order valence-corrected chi connectivity index (χ1v) is 5.11. The summed E-state index contributed by atoms with van der Waals surface area (Å²) in [6.07, 6.45) is 0.974. The van der Waals surface area contributed by atoms with E-state index in [0.29, 0.717) is 0 Å². The molecule has 1 heterocycles. The maximum absolute atomic E-state index is 8.90. The molecule has 0 spiro atoms. The molecule has 1 atom stereocenters. The van der Waals surface area contributed by atoms with Crippen LogP contribution in [0.5, 0.6) is 0 Å². The van der Waals surface area contributed by atoms with E-state index in [4.69, 9.17) is 5.11 Å². The van der Waals surface area contributed by atoms with Crippen LogP contribution in [0, 0.1) is 0 Å². The van der Waals surface area contributed by atoms with Gasteiger partial charge in [0.25, 0.3) is 0 Å². The minimum atomic E-state index is 0.224. The molecule has 0 saturated heterocycles. The van der Waals surface area contributed by atoms with Crippen LogP contribution < -0.4 is 5.32 Å². The fraction of sp³-hybridized carbons (Fsp3) is 0.556. The Kier molecular flexibility index (Phi) is 4.29. The van der Waals surface area contributed by atoms with Gasteiger partial charge in [-0.05, 0) is 17.9 Å². The fourth-order valence-electron chi connectivity index (χ4n) is 0.996. The predicted octanol–water partition coefficient (Wildman–Crippen LogP) is 1.61. The van der Waals surface area contributed by atoms with Gasteiger partial charge in [-0.2, -0.15) is 0 Å². The third-order valence-corrected chi connectivity index (χ3v) is 2.73. The van der Waals surface area contributed by atoms with Crippen LogP contribution in [0.2, 0.25) is 0 Å². The molecule has 0 radical (unpaired) electrons. The Bertz CT molecular complexity index is 194. The third kappa shape index (κ3) is 2.93. The van der Waals surface area contributed by atoms with E-state index in [1.54, 1.807) is 11.3 Å². The molecule has 0 fully saturated rings. The summed E-state index contributed by atoms with van der Waals surface area (Å²) in [4.78, 5) is 1.32. The molecule has 0 unspecified atom stereocenters. The molecule has 1 aromatic rings. The Labute approximate surface area is 77.2 Å². The summed E-state index contributed by atoms with van der Waals surface area (Å²) in [5.74, 6) is 0. The SMILES string of the molecule is CC[C@H](CO)NCc1cccs1. The van der Waals surface area contributed by atoms with Crippen LogP contribution in [-0.2, 0) is 6.54 Å². The lowest BCUT2D eigenvalue weighted by Gasteiger charge is -2.12. The van der Waals surface area contributed by atoms with Crippen molar-refractivity contribution in [1.29, 1.82) is 0 Å². The van der Waals surface area contributed by atoms with E-state index in [0.717, 1.165) is 13.0 Å². The lowest BCUT2D eigenvalue weighted by molar-refractivity contribution is 0.238. The second kappa shape index (κ2) is 5.30. The molecule has 12 heavy (non-hydrogen) atoms. The summed E-state index contributed by atoms with van der Waals surface area (Å²) < 4.78 is 0. The molecule has 0 aliphatic carbocycles. The smallest absolute Gasteiger partial charge is 0.0584 e. The number of nitrogens with one attached hydrogen (secondary N) is 1. The van der Waals surface area contributed by atoms with Gasteiger partial charge in [0, 0.05) is 17.5 Å². The van der Waals surface area contributed by atoms with Crippen molar-refractivity contribution >= 4 is 11.3 Å². The highest BCUT2D eigenvalue weighted by Crippen LogP contribution is 2.07. The number of hydrogen-bond acceptors (Lipinski definition) is 3. The van der Waals surface area contributed by atoms with E-state index >= 15 is 0 Å². The van der Waals surface area contributed by atoms with Crippen molar-refractivity contribution in [2.75, 3.05) is 6.61 Å². The molecule has 0 saturated carbocycles. The average molecular weight is 185 g/mol. The van der Waals surface area contributed by atoms with Crippen molar-refractivity contribution in [3.63, 3.8) is 0 Å². The van der Waals surface area contributed by atoms with Gasteiger partial charge in [-0.15, -0.1) is 11.3 Å². The van der Waals surface area contributed by atoms with E-state index in [-0.39, 0.29) is 12.6 Å². The number of aliphatic hydroxyl groups excluding tert-OH is 1. The summed E-state index contributed by atoms with van der Waals surface area (Å²) >= 11 is 1.74. The molecule has 0 aromatic carbocycles. The zero-order chi connectivity index (χ0) is 8.81. The van der Waals surface area contributed by atoms with Crippen molar-refractivity contribution in [1.82, 2.24) is 5.32 Å². The Morgan fingerprint density at radius 1 is 1.67 bits per heavy atom. The van der Waals surface area contributed by atoms with E-state index in [9.17, 15) is 0 Å². The van der Waals surface area contributed by atoms with Crippen LogP contribution in [0.4, 0.5) is 0 Å². The lowest BCUT2D eigenvalue weighted by atomic mass is 10.2. The summed E-state index contributed by atoms with van der Waals surface area (Å²) in [6.45, 7) is 3.17. The molecule has 1 aromatic heterocycles. The largest absolute Gasteiger partial charge is 0.395 e. The van der Waals surface area contributed by atoms with E-state index in [1.165, 1.54) is 4.88 Å². The molecule has 0 bridgehead atoms. The topological polar surface area (TPSA) is 32.3 Å². The molecule has 3 heteroatoms. The van der Waals surface area contributed by atoms with Gasteiger partial charge in [0.2, 0.25) is 0 Å². The van der Waals surface area contributed by atoms with Crippen LogP contribution in [0.1, 0.15) is 18.2 Å². The number of hydrogen-bond donors (Lipinski definition) is 2. The van der Waals surface area contributed by atoms with E-state index in [1.807, 2.05) is 6.07 Å². The summed E-state index contributed by atoms with van der Waals surface area (Å²) in [7, 11) is 0. The molecular weight excluding hydrogens is 170 g/mol. The predicted molar refractivity (Wildman–Crippen MR) is 52.3 cm³/mol. The molecular formula is C9H15NOS. The van der Waals surface area contributed by atoms with E-state index in [2.05, 4.69) is 23.7 Å². The molecule has 0 aliphatic rings. The number of thiophene rings is 1. The van der Waals surface area contributed by atoms with Crippen LogP contribution >= 0.6 is 11.3 Å². The maximum atomic E-state index is 8.90. The summed E-state index contributed by atoms with van der Waals surface area (Å²) in [5.41, 5.74) is 0. The van der Waals surface area contributed by atoms with Gasteiger partial charge >= 0.3 is 0 Å². The minimum absolute atomic E-state index is 0.224. The van der Waals surface area contributed by atoms with Crippen LogP contribution in [-0.4, -0.2) is 17.8 Å². The Hall–Kier alpha value is -0.380. The Morgan fingerprint density at radius 2 is 2.50 bits per heavy atom. The second-order valence-electron chi connectivity index (χ2n) is 2.75. The first-order valence-electron chi connectivity index (χ1n) is 4.23. The second-order valence-corrected chi connectivity index (χ2v) is 3.78. The molecule has 68 valence electrons. The highest BCUT2D eigenvalue weighted by molar-refractivity contribution is 7.09. The van der Waals surface area contributed by atoms with Crippen molar-refractivity contribution in [3.05, 3.63) is 22.4 Å². The van der Waals surface area contributed by atoms with Crippen LogP contribution in [0.15, 0.2) is 17.5 Å². The number of rotatable bonds is 5. The Balaban J connectivity index is 2.25. The minimum Gasteiger partial charge on any atom is -0.395 e.